The Kier molecular flexibility index (Phi) is 9.20. The van der Waals surface area contributed by atoms with Crippen LogP contribution in [-0.2, 0) is 17.9 Å². The fraction of sp³-hybridized carbons (Fsp3) is 0.361. The Balaban J connectivity index is 1.48. The third kappa shape index (κ3) is 7.36. The third-order valence-electron chi connectivity index (χ3n) is 7.84. The largest absolute Gasteiger partial charge is 0.487 e. The van der Waals surface area contributed by atoms with Gasteiger partial charge in [0.25, 0.3) is 0 Å². The maximum Gasteiger partial charge on any atom is 0.309 e. The molecule has 8 heteroatoms. The van der Waals surface area contributed by atoms with Crippen molar-refractivity contribution in [2.75, 3.05) is 12.0 Å². The van der Waals surface area contributed by atoms with Gasteiger partial charge in [0.15, 0.2) is 0 Å². The minimum absolute atomic E-state index is 0.0307. The topological polar surface area (TPSA) is 84.8 Å². The summed E-state index contributed by atoms with van der Waals surface area (Å²) in [4.78, 5) is 23.5. The summed E-state index contributed by atoms with van der Waals surface area (Å²) in [6.45, 7) is 11.3. The molecule has 7 nitrogen and oxygen atoms in total. The molecule has 0 saturated heterocycles. The molecule has 1 N–H and O–H groups in total. The van der Waals surface area contributed by atoms with Gasteiger partial charge >= 0.3 is 5.97 Å². The highest BCUT2D eigenvalue weighted by atomic mass is 32.2. The smallest absolute Gasteiger partial charge is 0.309 e. The zero-order valence-corrected chi connectivity index (χ0v) is 27.1. The monoisotopic (exact) mass is 611 g/mol. The van der Waals surface area contributed by atoms with Gasteiger partial charge < -0.3 is 19.5 Å². The van der Waals surface area contributed by atoms with E-state index in [1.807, 2.05) is 68.2 Å². The van der Waals surface area contributed by atoms with E-state index < -0.39 is 11.4 Å². The van der Waals surface area contributed by atoms with E-state index in [2.05, 4.69) is 72.0 Å². The maximum atomic E-state index is 12.4. The molecule has 0 radical (unpaired) electrons. The summed E-state index contributed by atoms with van der Waals surface area (Å²) in [7, 11) is 1.61. The van der Waals surface area contributed by atoms with Crippen LogP contribution in [0.15, 0.2) is 85.2 Å². The van der Waals surface area contributed by atoms with E-state index in [1.165, 1.54) is 5.56 Å². The van der Waals surface area contributed by atoms with E-state index in [-0.39, 0.29) is 16.0 Å². The Morgan fingerprint density at radius 3 is 2.32 bits per heavy atom. The zero-order chi connectivity index (χ0) is 31.5. The summed E-state index contributed by atoms with van der Waals surface area (Å²) in [6.07, 6.45) is 4.09. The van der Waals surface area contributed by atoms with Gasteiger partial charge in [-0.1, -0.05) is 51.1 Å². The number of aliphatic carboxylic acids is 1. The number of fused-ring (bicyclic) bond motifs is 1. The number of ether oxygens (including phenoxy) is 2. The number of anilines is 1. The Bertz CT molecular complexity index is 1570. The molecule has 0 amide bonds. The standard InChI is InChI=1S/C36H41N3O4S/c1-35(2,3)44-33-29-19-28(43-23-27-9-7-8-18-37-27)15-16-30(29)39(31(33)20-36(4,5)34(40)41)22-24-10-12-25(13-11-24)26-14-17-32(42-6)38-21-26/h7-19,21,31,33H,20,22-23H2,1-6H3,(H,40,41). The number of nitrogens with zero attached hydrogens (tertiary/aromatic N) is 3. The van der Waals surface area contributed by atoms with Crippen molar-refractivity contribution in [1.82, 2.24) is 9.97 Å². The van der Waals surface area contributed by atoms with Crippen LogP contribution in [0.1, 0.15) is 63.1 Å². The highest BCUT2D eigenvalue weighted by Gasteiger charge is 2.45. The van der Waals surface area contributed by atoms with Crippen LogP contribution < -0.4 is 14.4 Å². The minimum atomic E-state index is -0.898. The number of carbonyl (C=O) groups is 1. The van der Waals surface area contributed by atoms with Crippen LogP contribution in [0.25, 0.3) is 11.1 Å². The first-order chi connectivity index (χ1) is 20.9. The van der Waals surface area contributed by atoms with Crippen LogP contribution in [0.4, 0.5) is 5.69 Å². The van der Waals surface area contributed by atoms with Gasteiger partial charge in [0.05, 0.1) is 23.5 Å². The van der Waals surface area contributed by atoms with Crippen molar-refractivity contribution in [3.63, 3.8) is 0 Å². The molecule has 0 spiro atoms. The van der Waals surface area contributed by atoms with E-state index in [4.69, 9.17) is 9.47 Å². The molecule has 1 aliphatic heterocycles. The van der Waals surface area contributed by atoms with Crippen LogP contribution in [0.3, 0.4) is 0 Å². The second kappa shape index (κ2) is 12.9. The first-order valence-corrected chi connectivity index (χ1v) is 15.8. The molecule has 5 rings (SSSR count). The van der Waals surface area contributed by atoms with Gasteiger partial charge in [-0.15, -0.1) is 11.8 Å². The van der Waals surface area contributed by atoms with E-state index in [9.17, 15) is 9.90 Å². The number of carboxylic acids is 1. The fourth-order valence-electron chi connectivity index (χ4n) is 5.53. The molecular weight excluding hydrogens is 570 g/mol. The van der Waals surface area contributed by atoms with Crippen molar-refractivity contribution >= 4 is 23.4 Å². The van der Waals surface area contributed by atoms with Crippen molar-refractivity contribution in [3.8, 4) is 22.8 Å². The molecule has 3 heterocycles. The van der Waals surface area contributed by atoms with Crippen molar-refractivity contribution in [3.05, 3.63) is 102 Å². The molecule has 0 saturated carbocycles. The average molecular weight is 612 g/mol. The Labute approximate surface area is 264 Å². The van der Waals surface area contributed by atoms with Crippen molar-refractivity contribution < 1.29 is 19.4 Å². The number of hydrogen-bond donors (Lipinski definition) is 1. The Hall–Kier alpha value is -4.04. The molecule has 2 atom stereocenters. The van der Waals surface area contributed by atoms with E-state index in [1.54, 1.807) is 13.3 Å². The van der Waals surface area contributed by atoms with Crippen LogP contribution >= 0.6 is 11.8 Å². The van der Waals surface area contributed by atoms with E-state index in [0.717, 1.165) is 33.8 Å². The molecule has 230 valence electrons. The number of rotatable bonds is 11. The van der Waals surface area contributed by atoms with Gasteiger partial charge in [-0.2, -0.15) is 0 Å². The number of benzene rings is 2. The van der Waals surface area contributed by atoms with Crippen LogP contribution in [-0.4, -0.2) is 38.9 Å². The summed E-state index contributed by atoms with van der Waals surface area (Å²) in [6, 6.07) is 24.4. The number of methoxy groups -OCH3 is 1. The molecule has 2 aromatic carbocycles. The number of hydrogen-bond acceptors (Lipinski definition) is 7. The summed E-state index contributed by atoms with van der Waals surface area (Å²) in [5, 5.41) is 10.2. The van der Waals surface area contributed by atoms with E-state index in [0.29, 0.717) is 25.5 Å². The highest BCUT2D eigenvalue weighted by Crippen LogP contribution is 2.54. The predicted octanol–water partition coefficient (Wildman–Crippen LogP) is 8.19. The van der Waals surface area contributed by atoms with Gasteiger partial charge in [-0.05, 0) is 73.4 Å². The molecule has 0 bridgehead atoms. The maximum absolute atomic E-state index is 12.4. The molecule has 0 aliphatic carbocycles. The summed E-state index contributed by atoms with van der Waals surface area (Å²) < 4.78 is 11.4. The van der Waals surface area contributed by atoms with Crippen LogP contribution in [0.5, 0.6) is 11.6 Å². The molecule has 0 fully saturated rings. The Morgan fingerprint density at radius 1 is 0.955 bits per heavy atom. The average Bonchev–Trinajstić information content (AvgIpc) is 3.26. The lowest BCUT2D eigenvalue weighted by Gasteiger charge is -2.36. The summed E-state index contributed by atoms with van der Waals surface area (Å²) in [5.74, 6) is 0.579. The van der Waals surface area contributed by atoms with Crippen molar-refractivity contribution in [1.29, 1.82) is 0 Å². The number of thioether (sulfide) groups is 1. The minimum Gasteiger partial charge on any atom is -0.487 e. The van der Waals surface area contributed by atoms with E-state index >= 15 is 0 Å². The molecule has 1 aliphatic rings. The van der Waals surface area contributed by atoms with Gasteiger partial charge in [-0.3, -0.25) is 9.78 Å². The lowest BCUT2D eigenvalue weighted by atomic mass is 9.84. The lowest BCUT2D eigenvalue weighted by Crippen LogP contribution is -2.40. The number of pyridine rings is 2. The van der Waals surface area contributed by atoms with Crippen molar-refractivity contribution in [2.45, 2.75) is 70.2 Å². The molecule has 2 aromatic heterocycles. The number of carboxylic acid groups (broad SMARTS) is 1. The molecular formula is C36H41N3O4S. The highest BCUT2D eigenvalue weighted by molar-refractivity contribution is 8.00. The number of aromatic nitrogens is 2. The van der Waals surface area contributed by atoms with Crippen molar-refractivity contribution in [2.24, 2.45) is 5.41 Å². The first-order valence-electron chi connectivity index (χ1n) is 14.9. The predicted molar refractivity (Wildman–Crippen MR) is 177 cm³/mol. The fourth-order valence-corrected chi connectivity index (χ4v) is 7.00. The SMILES string of the molecule is COc1ccc(-c2ccc(CN3c4ccc(OCc5ccccn5)cc4C(SC(C)(C)C)C3CC(C)(C)C(=O)O)cc2)cn1. The van der Waals surface area contributed by atoms with Gasteiger partial charge in [0.2, 0.25) is 5.88 Å². The lowest BCUT2D eigenvalue weighted by molar-refractivity contribution is -0.147. The van der Waals surface area contributed by atoms with Gasteiger partial charge in [-0.25, -0.2) is 4.98 Å². The Morgan fingerprint density at radius 2 is 1.70 bits per heavy atom. The zero-order valence-electron chi connectivity index (χ0n) is 26.3. The van der Waals surface area contributed by atoms with Crippen LogP contribution in [0.2, 0.25) is 0 Å². The second-order valence-corrected chi connectivity index (χ2v) is 14.8. The molecule has 4 aromatic rings. The van der Waals surface area contributed by atoms with Crippen LogP contribution in [0, 0.1) is 5.41 Å². The quantitative estimate of drug-likeness (QED) is 0.182. The molecule has 44 heavy (non-hydrogen) atoms. The first kappa shape index (κ1) is 31.4. The molecule has 2 unspecified atom stereocenters. The van der Waals surface area contributed by atoms with Gasteiger partial charge in [0, 0.05) is 47.0 Å². The van der Waals surface area contributed by atoms with Gasteiger partial charge in [0.1, 0.15) is 12.4 Å². The second-order valence-electron chi connectivity index (χ2n) is 12.9. The third-order valence-corrected chi connectivity index (χ3v) is 9.37. The normalized spacial score (nSPS) is 16.5. The summed E-state index contributed by atoms with van der Waals surface area (Å²) in [5.41, 5.74) is 5.50. The summed E-state index contributed by atoms with van der Waals surface area (Å²) >= 11 is 1.89.